The molecule has 0 aromatic carbocycles. The predicted molar refractivity (Wildman–Crippen MR) is 62.9 cm³/mol. The molecule has 0 bridgehead atoms. The van der Waals surface area contributed by atoms with E-state index in [4.69, 9.17) is 5.73 Å². The van der Waals surface area contributed by atoms with Gasteiger partial charge in [-0.25, -0.2) is 9.78 Å². The van der Waals surface area contributed by atoms with E-state index in [2.05, 4.69) is 14.5 Å². The van der Waals surface area contributed by atoms with Crippen LogP contribution < -0.4 is 10.5 Å². The largest absolute Gasteiger partial charge is 0.573 e. The van der Waals surface area contributed by atoms with Crippen LogP contribution >= 0.6 is 22.6 Å². The van der Waals surface area contributed by atoms with Crippen LogP contribution in [0.5, 0.6) is 5.75 Å². The van der Waals surface area contributed by atoms with E-state index in [0.717, 1.165) is 13.2 Å². The summed E-state index contributed by atoms with van der Waals surface area (Å²) in [4.78, 5) is 15.2. The second-order valence-electron chi connectivity index (χ2n) is 3.02. The quantitative estimate of drug-likeness (QED) is 0.495. The zero-order valence-corrected chi connectivity index (χ0v) is 11.2. The Morgan fingerprint density at radius 1 is 1.56 bits per heavy atom. The summed E-state index contributed by atoms with van der Waals surface area (Å²) in [5.74, 6) is -1.64. The fraction of sp³-hybridized carbons (Fsp3) is 0.333. The molecule has 0 aliphatic carbocycles. The number of ether oxygens (including phenoxy) is 2. The van der Waals surface area contributed by atoms with Gasteiger partial charge in [-0.15, -0.1) is 13.2 Å². The minimum Gasteiger partial charge on any atom is -0.465 e. The molecule has 0 radical (unpaired) electrons. The van der Waals surface area contributed by atoms with Crippen LogP contribution in [0, 0.1) is 3.70 Å². The van der Waals surface area contributed by atoms with Gasteiger partial charge >= 0.3 is 12.3 Å². The SMILES string of the molecule is COC(=O)c1cc(CN)nc(I)c1OC(F)(F)F. The fourth-order valence-electron chi connectivity index (χ4n) is 1.13. The number of halogens is 4. The number of esters is 1. The van der Waals surface area contributed by atoms with Gasteiger partial charge in [0.1, 0.15) is 9.26 Å². The second-order valence-corrected chi connectivity index (χ2v) is 4.05. The van der Waals surface area contributed by atoms with Crippen LogP contribution in [0.15, 0.2) is 6.07 Å². The molecule has 2 N–H and O–H groups in total. The van der Waals surface area contributed by atoms with E-state index >= 15 is 0 Å². The van der Waals surface area contributed by atoms with Gasteiger partial charge < -0.3 is 15.2 Å². The Morgan fingerprint density at radius 2 is 2.17 bits per heavy atom. The standard InChI is InChI=1S/C9H8F3IN2O3/c1-17-8(16)5-2-4(3-14)15-7(13)6(5)18-9(10,11)12/h2H,3,14H2,1H3. The van der Waals surface area contributed by atoms with Crippen molar-refractivity contribution in [3.63, 3.8) is 0 Å². The molecule has 18 heavy (non-hydrogen) atoms. The van der Waals surface area contributed by atoms with Crippen LogP contribution in [-0.2, 0) is 11.3 Å². The number of carbonyl (C=O) groups excluding carboxylic acids is 1. The van der Waals surface area contributed by atoms with Crippen molar-refractivity contribution >= 4 is 28.6 Å². The summed E-state index contributed by atoms with van der Waals surface area (Å²) in [6.45, 7) is -0.0215. The molecule has 0 unspecified atom stereocenters. The lowest BCUT2D eigenvalue weighted by Gasteiger charge is -2.14. The number of pyridine rings is 1. The van der Waals surface area contributed by atoms with Gasteiger partial charge in [-0.2, -0.15) is 0 Å². The van der Waals surface area contributed by atoms with Gasteiger partial charge in [0.15, 0.2) is 5.75 Å². The van der Waals surface area contributed by atoms with E-state index in [1.54, 1.807) is 0 Å². The Hall–Kier alpha value is -1.10. The fourth-order valence-corrected chi connectivity index (χ4v) is 1.84. The van der Waals surface area contributed by atoms with Gasteiger partial charge in [0.05, 0.1) is 12.8 Å². The first-order chi connectivity index (χ1) is 8.28. The smallest absolute Gasteiger partial charge is 0.465 e. The first kappa shape index (κ1) is 15.0. The Balaban J connectivity index is 3.33. The number of nitrogens with two attached hydrogens (primary N) is 1. The van der Waals surface area contributed by atoms with Crippen LogP contribution in [0.1, 0.15) is 16.1 Å². The molecular formula is C9H8F3IN2O3. The number of alkyl halides is 3. The molecule has 1 aromatic heterocycles. The monoisotopic (exact) mass is 376 g/mol. The van der Waals surface area contributed by atoms with E-state index in [9.17, 15) is 18.0 Å². The highest BCUT2D eigenvalue weighted by Gasteiger charge is 2.35. The lowest BCUT2D eigenvalue weighted by Crippen LogP contribution is -2.21. The number of hydrogen-bond donors (Lipinski definition) is 1. The average Bonchev–Trinajstić information content (AvgIpc) is 2.28. The Kier molecular flexibility index (Phi) is 4.73. The number of nitrogens with zero attached hydrogens (tertiary/aromatic N) is 1. The third-order valence-electron chi connectivity index (χ3n) is 1.82. The van der Waals surface area contributed by atoms with Crippen molar-refractivity contribution in [3.05, 3.63) is 21.0 Å². The Labute approximate surface area is 114 Å². The van der Waals surface area contributed by atoms with Crippen molar-refractivity contribution in [2.45, 2.75) is 12.9 Å². The predicted octanol–water partition coefficient (Wildman–Crippen LogP) is 1.83. The van der Waals surface area contributed by atoms with Crippen molar-refractivity contribution < 1.29 is 27.4 Å². The molecule has 0 saturated carbocycles. The summed E-state index contributed by atoms with van der Waals surface area (Å²) in [7, 11) is 1.05. The highest BCUT2D eigenvalue weighted by Crippen LogP contribution is 2.31. The molecule has 9 heteroatoms. The number of aromatic nitrogens is 1. The normalized spacial score (nSPS) is 11.2. The van der Waals surface area contributed by atoms with Gasteiger partial charge in [0.2, 0.25) is 0 Å². The van der Waals surface area contributed by atoms with E-state index in [1.165, 1.54) is 22.6 Å². The summed E-state index contributed by atoms with van der Waals surface area (Å²) in [6, 6.07) is 1.11. The molecule has 100 valence electrons. The molecule has 5 nitrogen and oxygen atoms in total. The van der Waals surface area contributed by atoms with E-state index < -0.39 is 18.1 Å². The molecule has 0 aliphatic heterocycles. The highest BCUT2D eigenvalue weighted by atomic mass is 127. The minimum absolute atomic E-state index is 0.0215. The lowest BCUT2D eigenvalue weighted by molar-refractivity contribution is -0.275. The van der Waals surface area contributed by atoms with E-state index in [1.807, 2.05) is 0 Å². The molecule has 0 amide bonds. The van der Waals surface area contributed by atoms with Crippen molar-refractivity contribution in [2.24, 2.45) is 5.73 Å². The summed E-state index contributed by atoms with van der Waals surface area (Å²) < 4.78 is 44.7. The third-order valence-corrected chi connectivity index (χ3v) is 2.55. The summed E-state index contributed by atoms with van der Waals surface area (Å²) in [5.41, 5.74) is 5.22. The molecule has 0 spiro atoms. The maximum absolute atomic E-state index is 12.2. The van der Waals surface area contributed by atoms with Crippen LogP contribution in [0.4, 0.5) is 13.2 Å². The summed E-state index contributed by atoms with van der Waals surface area (Å²) >= 11 is 1.53. The zero-order valence-electron chi connectivity index (χ0n) is 9.05. The molecule has 1 heterocycles. The lowest BCUT2D eigenvalue weighted by atomic mass is 10.2. The van der Waals surface area contributed by atoms with Crippen LogP contribution in [-0.4, -0.2) is 24.4 Å². The molecule has 0 fully saturated rings. The summed E-state index contributed by atoms with van der Waals surface area (Å²) in [6.07, 6.45) is -4.92. The van der Waals surface area contributed by atoms with E-state index in [0.29, 0.717) is 0 Å². The number of hydrogen-bond acceptors (Lipinski definition) is 5. The Morgan fingerprint density at radius 3 is 2.61 bits per heavy atom. The Bertz CT molecular complexity index is 465. The third kappa shape index (κ3) is 3.70. The van der Waals surface area contributed by atoms with Gasteiger partial charge in [-0.05, 0) is 28.7 Å². The van der Waals surface area contributed by atoms with E-state index in [-0.39, 0.29) is 21.5 Å². The molecule has 0 atom stereocenters. The number of carbonyl (C=O) groups is 1. The second kappa shape index (κ2) is 5.69. The first-order valence-corrected chi connectivity index (χ1v) is 5.60. The molecular weight excluding hydrogens is 368 g/mol. The summed E-state index contributed by atoms with van der Waals surface area (Å²) in [5, 5.41) is 0. The minimum atomic E-state index is -4.92. The average molecular weight is 376 g/mol. The zero-order chi connectivity index (χ0) is 13.9. The van der Waals surface area contributed by atoms with Gasteiger partial charge in [0, 0.05) is 6.54 Å². The first-order valence-electron chi connectivity index (χ1n) is 4.52. The van der Waals surface area contributed by atoms with Gasteiger partial charge in [0.25, 0.3) is 0 Å². The van der Waals surface area contributed by atoms with Crippen LogP contribution in [0.25, 0.3) is 0 Å². The van der Waals surface area contributed by atoms with Crippen LogP contribution in [0.3, 0.4) is 0 Å². The van der Waals surface area contributed by atoms with Crippen molar-refractivity contribution in [3.8, 4) is 5.75 Å². The number of rotatable bonds is 3. The molecule has 0 saturated heterocycles. The van der Waals surface area contributed by atoms with Crippen molar-refractivity contribution in [1.82, 2.24) is 4.98 Å². The van der Waals surface area contributed by atoms with Crippen LogP contribution in [0.2, 0.25) is 0 Å². The topological polar surface area (TPSA) is 74.4 Å². The maximum atomic E-state index is 12.2. The molecule has 1 aromatic rings. The highest BCUT2D eigenvalue weighted by molar-refractivity contribution is 14.1. The van der Waals surface area contributed by atoms with Crippen molar-refractivity contribution in [2.75, 3.05) is 7.11 Å². The molecule has 1 rings (SSSR count). The maximum Gasteiger partial charge on any atom is 0.573 e. The van der Waals surface area contributed by atoms with Gasteiger partial charge in [-0.1, -0.05) is 0 Å². The van der Waals surface area contributed by atoms with Crippen molar-refractivity contribution in [1.29, 1.82) is 0 Å². The van der Waals surface area contributed by atoms with Gasteiger partial charge in [-0.3, -0.25) is 0 Å². The molecule has 0 aliphatic rings. The number of methoxy groups -OCH3 is 1.